The molecule has 1 heterocycles. The van der Waals surface area contributed by atoms with Gasteiger partial charge in [-0.15, -0.1) is 0 Å². The molecule has 0 radical (unpaired) electrons. The van der Waals surface area contributed by atoms with Crippen LogP contribution in [-0.2, 0) is 9.59 Å². The molecule has 2 N–H and O–H groups in total. The van der Waals surface area contributed by atoms with E-state index in [0.717, 1.165) is 0 Å². The molecule has 3 amide bonds. The van der Waals surface area contributed by atoms with E-state index in [4.69, 9.17) is 35.4 Å². The number of hydrogen-bond donors (Lipinski definition) is 2. The van der Waals surface area contributed by atoms with Gasteiger partial charge in [-0.2, -0.15) is 0 Å². The lowest BCUT2D eigenvalue weighted by atomic mass is 10.2. The van der Waals surface area contributed by atoms with E-state index >= 15 is 0 Å². The van der Waals surface area contributed by atoms with Crippen molar-refractivity contribution in [2.75, 3.05) is 13.6 Å². The topological polar surface area (TPSA) is 81.8 Å². The molecule has 1 saturated heterocycles. The van der Waals surface area contributed by atoms with Crippen molar-refractivity contribution < 1.29 is 14.4 Å². The van der Waals surface area contributed by atoms with E-state index in [2.05, 4.69) is 10.7 Å². The zero-order valence-electron chi connectivity index (χ0n) is 13.5. The molecule has 1 aliphatic rings. The number of carbonyl (C=O) groups excluding carboxylic acids is 3. The van der Waals surface area contributed by atoms with Crippen LogP contribution < -0.4 is 10.7 Å². The molecule has 1 unspecified atom stereocenters. The molecule has 0 spiro atoms. The predicted molar refractivity (Wildman–Crippen MR) is 98.2 cm³/mol. The highest BCUT2D eigenvalue weighted by atomic mass is 35.5. The van der Waals surface area contributed by atoms with E-state index in [1.165, 1.54) is 35.2 Å². The van der Waals surface area contributed by atoms with Gasteiger partial charge < -0.3 is 5.32 Å². The summed E-state index contributed by atoms with van der Waals surface area (Å²) in [6, 6.07) is 3.51. The van der Waals surface area contributed by atoms with E-state index in [0.29, 0.717) is 11.6 Å². The molecule has 2 rings (SSSR count). The molecule has 10 heteroatoms. The minimum Gasteiger partial charge on any atom is -0.359 e. The van der Waals surface area contributed by atoms with Gasteiger partial charge in [0.1, 0.15) is 6.04 Å². The molecular weight excluding hydrogens is 387 g/mol. The van der Waals surface area contributed by atoms with Crippen LogP contribution in [0.5, 0.6) is 0 Å². The molecule has 0 aliphatic carbocycles. The highest BCUT2D eigenvalue weighted by molar-refractivity contribution is 7.80. The zero-order chi connectivity index (χ0) is 18.7. The summed E-state index contributed by atoms with van der Waals surface area (Å²) in [5, 5.41) is 4.36. The number of likely N-dealkylation sites (N-methyl/N-ethyl adjacent to an activating group) is 1. The minimum atomic E-state index is -0.914. The number of nitrogens with one attached hydrogen (secondary N) is 2. The minimum absolute atomic E-state index is 0.125. The molecule has 0 bridgehead atoms. The second kappa shape index (κ2) is 7.99. The highest BCUT2D eigenvalue weighted by Crippen LogP contribution is 2.23. The number of nitrogens with zero attached hydrogens (tertiary/aromatic N) is 2. The maximum absolute atomic E-state index is 12.5. The fraction of sp³-hybridized carbons (Fsp3) is 0.333. The third kappa shape index (κ3) is 4.02. The normalized spacial score (nSPS) is 17.0. The number of amides is 3. The van der Waals surface area contributed by atoms with Crippen molar-refractivity contribution in [3.63, 3.8) is 0 Å². The lowest BCUT2D eigenvalue weighted by Gasteiger charge is -2.24. The van der Waals surface area contributed by atoms with Crippen molar-refractivity contribution in [2.24, 2.45) is 0 Å². The van der Waals surface area contributed by atoms with Crippen LogP contribution >= 0.6 is 35.4 Å². The van der Waals surface area contributed by atoms with E-state index in [-0.39, 0.29) is 33.9 Å². The lowest BCUT2D eigenvalue weighted by Crippen LogP contribution is -2.50. The Labute approximate surface area is 160 Å². The number of hydrazine groups is 1. The Morgan fingerprint density at radius 3 is 2.56 bits per heavy atom. The van der Waals surface area contributed by atoms with Crippen molar-refractivity contribution in [3.05, 3.63) is 33.8 Å². The molecule has 1 fully saturated rings. The monoisotopic (exact) mass is 402 g/mol. The first-order valence-corrected chi connectivity index (χ1v) is 8.57. The van der Waals surface area contributed by atoms with Crippen LogP contribution in [0.1, 0.15) is 23.7 Å². The summed E-state index contributed by atoms with van der Waals surface area (Å²) in [6.45, 7) is 2.08. The van der Waals surface area contributed by atoms with Crippen molar-refractivity contribution in [1.29, 1.82) is 0 Å². The number of rotatable bonds is 5. The molecule has 7 nitrogen and oxygen atoms in total. The van der Waals surface area contributed by atoms with E-state index < -0.39 is 11.9 Å². The van der Waals surface area contributed by atoms with Gasteiger partial charge in [-0.05, 0) is 37.3 Å². The van der Waals surface area contributed by atoms with Gasteiger partial charge in [-0.25, -0.2) is 5.01 Å². The molecule has 1 aliphatic heterocycles. The van der Waals surface area contributed by atoms with Crippen molar-refractivity contribution in [2.45, 2.75) is 19.4 Å². The standard InChI is InChI=1S/C15H16Cl2N4O3S/c1-3-20-14(24)11(7-12(22)18-2)21(15(20)25)19-13(23)9-5-4-8(16)6-10(9)17/h4-6,11H,3,7H2,1-2H3,(H,18,22)(H,19,23). The Morgan fingerprint density at radius 2 is 2.00 bits per heavy atom. The van der Waals surface area contributed by atoms with Gasteiger partial charge in [0, 0.05) is 18.6 Å². The summed E-state index contributed by atoms with van der Waals surface area (Å²) in [4.78, 5) is 38.0. The Morgan fingerprint density at radius 1 is 1.32 bits per heavy atom. The number of carbonyl (C=O) groups is 3. The Hall–Kier alpha value is -1.90. The fourth-order valence-electron chi connectivity index (χ4n) is 2.36. The van der Waals surface area contributed by atoms with Gasteiger partial charge in [0.2, 0.25) is 5.91 Å². The SMILES string of the molecule is CCN1C(=O)C(CC(=O)NC)N(NC(=O)c2ccc(Cl)cc2Cl)C1=S. The van der Waals surface area contributed by atoms with Gasteiger partial charge in [0.15, 0.2) is 5.11 Å². The first-order chi connectivity index (χ1) is 11.8. The average molecular weight is 403 g/mol. The van der Waals surface area contributed by atoms with Crippen LogP contribution in [0.4, 0.5) is 0 Å². The number of thiocarbonyl (C=S) groups is 1. The van der Waals surface area contributed by atoms with Gasteiger partial charge in [0.05, 0.1) is 17.0 Å². The summed E-state index contributed by atoms with van der Waals surface area (Å²) in [6.07, 6.45) is -0.138. The molecule has 1 aromatic carbocycles. The number of halogens is 2. The highest BCUT2D eigenvalue weighted by Gasteiger charge is 2.43. The van der Waals surface area contributed by atoms with E-state index in [1.54, 1.807) is 6.92 Å². The maximum Gasteiger partial charge on any atom is 0.271 e. The fourth-order valence-corrected chi connectivity index (χ4v) is 3.25. The van der Waals surface area contributed by atoms with Crippen molar-refractivity contribution in [3.8, 4) is 0 Å². The van der Waals surface area contributed by atoms with Crippen LogP contribution in [0.2, 0.25) is 10.0 Å². The first-order valence-electron chi connectivity index (χ1n) is 7.41. The molecule has 1 aromatic rings. The first kappa shape index (κ1) is 19.4. The van der Waals surface area contributed by atoms with Crippen LogP contribution in [-0.4, -0.2) is 52.4 Å². The van der Waals surface area contributed by atoms with Gasteiger partial charge in [0.25, 0.3) is 11.8 Å². The predicted octanol–water partition coefficient (Wildman–Crippen LogP) is 1.59. The van der Waals surface area contributed by atoms with Crippen LogP contribution in [0, 0.1) is 0 Å². The Balaban J connectivity index is 2.26. The quantitative estimate of drug-likeness (QED) is 0.730. The number of hydrogen-bond acceptors (Lipinski definition) is 4. The summed E-state index contributed by atoms with van der Waals surface area (Å²) in [5.74, 6) is -1.25. The summed E-state index contributed by atoms with van der Waals surface area (Å²) in [5.41, 5.74) is 2.74. The average Bonchev–Trinajstić information content (AvgIpc) is 2.78. The second-order valence-electron chi connectivity index (χ2n) is 5.19. The van der Waals surface area contributed by atoms with Gasteiger partial charge >= 0.3 is 0 Å². The molecule has 1 atom stereocenters. The third-order valence-corrected chi connectivity index (χ3v) is 4.64. The number of benzene rings is 1. The smallest absolute Gasteiger partial charge is 0.271 e. The van der Waals surface area contributed by atoms with Crippen LogP contribution in [0.25, 0.3) is 0 Å². The molecule has 25 heavy (non-hydrogen) atoms. The largest absolute Gasteiger partial charge is 0.359 e. The van der Waals surface area contributed by atoms with Crippen molar-refractivity contribution >= 4 is 58.3 Å². The third-order valence-electron chi connectivity index (χ3n) is 3.67. The molecular formula is C15H16Cl2N4O3S. The van der Waals surface area contributed by atoms with Gasteiger partial charge in [-0.1, -0.05) is 23.2 Å². The van der Waals surface area contributed by atoms with Crippen LogP contribution in [0.15, 0.2) is 18.2 Å². The summed E-state index contributed by atoms with van der Waals surface area (Å²) < 4.78 is 0. The Bertz CT molecular complexity index is 743. The second-order valence-corrected chi connectivity index (χ2v) is 6.40. The Kier molecular flexibility index (Phi) is 6.21. The summed E-state index contributed by atoms with van der Waals surface area (Å²) in [7, 11) is 1.47. The molecule has 134 valence electrons. The maximum atomic E-state index is 12.5. The van der Waals surface area contributed by atoms with Crippen LogP contribution in [0.3, 0.4) is 0 Å². The van der Waals surface area contributed by atoms with E-state index in [9.17, 15) is 14.4 Å². The van der Waals surface area contributed by atoms with Crippen molar-refractivity contribution in [1.82, 2.24) is 20.7 Å². The lowest BCUT2D eigenvalue weighted by molar-refractivity contribution is -0.132. The zero-order valence-corrected chi connectivity index (χ0v) is 15.8. The summed E-state index contributed by atoms with van der Waals surface area (Å²) >= 11 is 17.1. The molecule has 0 aromatic heterocycles. The van der Waals surface area contributed by atoms with E-state index in [1.807, 2.05) is 0 Å². The van der Waals surface area contributed by atoms with Gasteiger partial charge in [-0.3, -0.25) is 24.7 Å². The molecule has 0 saturated carbocycles.